The molecule has 27 heavy (non-hydrogen) atoms. The standard InChI is InChI=1S/C20H17NO6/c1-23-10-3-4-15(24-2)12(5-10)18-11-6-16-17(27-9-26-16)7-13(11)21-14-8-25-20(22)19(14)18/h3-7,18,21H,8-9H2,1-2H3. The van der Waals surface area contributed by atoms with Crippen LogP contribution in [0, 0.1) is 0 Å². The lowest BCUT2D eigenvalue weighted by molar-refractivity contribution is -0.136. The van der Waals surface area contributed by atoms with Crippen molar-refractivity contribution in [3.8, 4) is 23.0 Å². The van der Waals surface area contributed by atoms with Crippen molar-refractivity contribution in [3.05, 3.63) is 52.7 Å². The fourth-order valence-electron chi connectivity index (χ4n) is 3.82. The predicted molar refractivity (Wildman–Crippen MR) is 95.6 cm³/mol. The highest BCUT2D eigenvalue weighted by molar-refractivity contribution is 5.97. The van der Waals surface area contributed by atoms with Gasteiger partial charge in [-0.1, -0.05) is 0 Å². The van der Waals surface area contributed by atoms with Crippen LogP contribution in [0.4, 0.5) is 5.69 Å². The molecule has 0 radical (unpaired) electrons. The Bertz CT molecular complexity index is 996. The summed E-state index contributed by atoms with van der Waals surface area (Å²) >= 11 is 0. The molecule has 0 saturated heterocycles. The van der Waals surface area contributed by atoms with E-state index in [0.29, 0.717) is 28.6 Å². The summed E-state index contributed by atoms with van der Waals surface area (Å²) in [7, 11) is 3.21. The first kappa shape index (κ1) is 15.9. The van der Waals surface area contributed by atoms with Crippen LogP contribution in [-0.4, -0.2) is 33.6 Å². The maximum Gasteiger partial charge on any atom is 0.337 e. The van der Waals surface area contributed by atoms with Gasteiger partial charge in [-0.2, -0.15) is 0 Å². The first-order valence-electron chi connectivity index (χ1n) is 8.52. The summed E-state index contributed by atoms with van der Waals surface area (Å²) in [5, 5.41) is 3.31. The van der Waals surface area contributed by atoms with Crippen molar-refractivity contribution in [2.24, 2.45) is 0 Å². The van der Waals surface area contributed by atoms with Crippen molar-refractivity contribution in [2.75, 3.05) is 32.9 Å². The summed E-state index contributed by atoms with van der Waals surface area (Å²) < 4.78 is 27.3. The molecule has 3 aliphatic heterocycles. The summed E-state index contributed by atoms with van der Waals surface area (Å²) in [6.07, 6.45) is 0. The smallest absolute Gasteiger partial charge is 0.337 e. The highest BCUT2D eigenvalue weighted by Crippen LogP contribution is 2.50. The number of hydrogen-bond acceptors (Lipinski definition) is 7. The lowest BCUT2D eigenvalue weighted by Gasteiger charge is -2.28. The van der Waals surface area contributed by atoms with Gasteiger partial charge in [0.05, 0.1) is 25.5 Å². The summed E-state index contributed by atoms with van der Waals surface area (Å²) in [4.78, 5) is 12.5. The zero-order valence-corrected chi connectivity index (χ0v) is 14.8. The van der Waals surface area contributed by atoms with Gasteiger partial charge >= 0.3 is 5.97 Å². The fourth-order valence-corrected chi connectivity index (χ4v) is 3.82. The number of anilines is 1. The Balaban J connectivity index is 1.76. The Morgan fingerprint density at radius 2 is 1.81 bits per heavy atom. The Hall–Kier alpha value is -3.35. The van der Waals surface area contributed by atoms with Gasteiger partial charge in [0.25, 0.3) is 0 Å². The van der Waals surface area contributed by atoms with Crippen LogP contribution in [0.3, 0.4) is 0 Å². The van der Waals surface area contributed by atoms with Crippen LogP contribution in [0.15, 0.2) is 41.6 Å². The number of hydrogen-bond donors (Lipinski definition) is 1. The van der Waals surface area contributed by atoms with E-state index in [0.717, 1.165) is 22.5 Å². The monoisotopic (exact) mass is 367 g/mol. The minimum atomic E-state index is -0.370. The van der Waals surface area contributed by atoms with E-state index in [-0.39, 0.29) is 25.3 Å². The summed E-state index contributed by atoms with van der Waals surface area (Å²) in [6, 6.07) is 9.35. The normalized spacial score (nSPS) is 19.2. The molecule has 0 bridgehead atoms. The maximum atomic E-state index is 12.5. The molecule has 0 saturated carbocycles. The summed E-state index contributed by atoms with van der Waals surface area (Å²) in [5.74, 6) is 1.96. The molecule has 138 valence electrons. The maximum absolute atomic E-state index is 12.5. The number of benzene rings is 2. The van der Waals surface area contributed by atoms with Crippen LogP contribution in [-0.2, 0) is 9.53 Å². The van der Waals surface area contributed by atoms with Gasteiger partial charge in [0.15, 0.2) is 11.5 Å². The number of carbonyl (C=O) groups is 1. The van der Waals surface area contributed by atoms with Gasteiger partial charge in [0, 0.05) is 23.2 Å². The van der Waals surface area contributed by atoms with Crippen LogP contribution in [0.25, 0.3) is 0 Å². The van der Waals surface area contributed by atoms with Gasteiger partial charge in [-0.25, -0.2) is 4.79 Å². The van der Waals surface area contributed by atoms with Crippen LogP contribution in [0.5, 0.6) is 23.0 Å². The third-order valence-electron chi connectivity index (χ3n) is 5.07. The number of nitrogens with one attached hydrogen (secondary N) is 1. The quantitative estimate of drug-likeness (QED) is 0.836. The molecular formula is C20H17NO6. The second-order valence-electron chi connectivity index (χ2n) is 6.43. The fraction of sp³-hybridized carbons (Fsp3) is 0.250. The number of cyclic esters (lactones) is 1. The molecule has 0 fully saturated rings. The number of rotatable bonds is 3. The van der Waals surface area contributed by atoms with Gasteiger partial charge in [-0.05, 0) is 29.8 Å². The van der Waals surface area contributed by atoms with E-state index in [1.165, 1.54) is 0 Å². The molecule has 0 aliphatic carbocycles. The number of fused-ring (bicyclic) bond motifs is 2. The first-order chi connectivity index (χ1) is 13.2. The van der Waals surface area contributed by atoms with Gasteiger partial charge in [-0.15, -0.1) is 0 Å². The molecule has 1 N–H and O–H groups in total. The topological polar surface area (TPSA) is 75.3 Å². The van der Waals surface area contributed by atoms with Crippen molar-refractivity contribution in [2.45, 2.75) is 5.92 Å². The average Bonchev–Trinajstić information content (AvgIpc) is 3.30. The van der Waals surface area contributed by atoms with E-state index in [4.69, 9.17) is 23.7 Å². The number of carbonyl (C=O) groups excluding carboxylic acids is 1. The van der Waals surface area contributed by atoms with Crippen LogP contribution >= 0.6 is 0 Å². The molecule has 5 rings (SSSR count). The number of methoxy groups -OCH3 is 2. The molecule has 7 heteroatoms. The Labute approximate surface area is 155 Å². The highest BCUT2D eigenvalue weighted by atomic mass is 16.7. The minimum absolute atomic E-state index is 0.181. The van der Waals surface area contributed by atoms with Crippen molar-refractivity contribution in [1.29, 1.82) is 0 Å². The number of esters is 1. The van der Waals surface area contributed by atoms with Crippen molar-refractivity contribution >= 4 is 11.7 Å². The van der Waals surface area contributed by atoms with Crippen LogP contribution in [0.1, 0.15) is 17.0 Å². The Morgan fingerprint density at radius 3 is 2.59 bits per heavy atom. The number of ether oxygens (including phenoxy) is 5. The molecule has 0 aromatic heterocycles. The van der Waals surface area contributed by atoms with E-state index in [1.54, 1.807) is 14.2 Å². The lowest BCUT2D eigenvalue weighted by Crippen LogP contribution is -2.20. The lowest BCUT2D eigenvalue weighted by atomic mass is 9.80. The summed E-state index contributed by atoms with van der Waals surface area (Å²) in [6.45, 7) is 0.394. The molecule has 1 unspecified atom stereocenters. The molecule has 2 aromatic rings. The van der Waals surface area contributed by atoms with E-state index >= 15 is 0 Å². The molecule has 0 amide bonds. The SMILES string of the molecule is COc1ccc(OC)c(C2C3=C(COC3=O)Nc3cc4c(cc32)OCO4)c1. The Kier molecular flexibility index (Phi) is 3.43. The minimum Gasteiger partial charge on any atom is -0.497 e. The second-order valence-corrected chi connectivity index (χ2v) is 6.43. The molecule has 0 spiro atoms. The summed E-state index contributed by atoms with van der Waals surface area (Å²) in [5.41, 5.74) is 3.90. The largest absolute Gasteiger partial charge is 0.497 e. The molecular weight excluding hydrogens is 350 g/mol. The van der Waals surface area contributed by atoms with Gasteiger partial charge in [0.1, 0.15) is 18.1 Å². The van der Waals surface area contributed by atoms with Crippen molar-refractivity contribution < 1.29 is 28.5 Å². The third-order valence-corrected chi connectivity index (χ3v) is 5.07. The molecule has 1 atom stereocenters. The first-order valence-corrected chi connectivity index (χ1v) is 8.52. The molecule has 3 aliphatic rings. The predicted octanol–water partition coefficient (Wildman–Crippen LogP) is 2.80. The third kappa shape index (κ3) is 2.31. The molecule has 7 nitrogen and oxygen atoms in total. The van der Waals surface area contributed by atoms with E-state index in [9.17, 15) is 4.79 Å². The van der Waals surface area contributed by atoms with Gasteiger partial charge in [-0.3, -0.25) is 0 Å². The van der Waals surface area contributed by atoms with E-state index < -0.39 is 0 Å². The van der Waals surface area contributed by atoms with E-state index in [2.05, 4.69) is 5.32 Å². The van der Waals surface area contributed by atoms with Crippen molar-refractivity contribution in [3.63, 3.8) is 0 Å². The van der Waals surface area contributed by atoms with E-state index in [1.807, 2.05) is 30.3 Å². The molecule has 3 heterocycles. The Morgan fingerprint density at radius 1 is 1.00 bits per heavy atom. The van der Waals surface area contributed by atoms with Crippen LogP contribution in [0.2, 0.25) is 0 Å². The molecule has 2 aromatic carbocycles. The zero-order chi connectivity index (χ0) is 18.5. The van der Waals surface area contributed by atoms with Crippen molar-refractivity contribution in [1.82, 2.24) is 0 Å². The van der Waals surface area contributed by atoms with Gasteiger partial charge in [0.2, 0.25) is 6.79 Å². The second kappa shape index (κ2) is 5.84. The van der Waals surface area contributed by atoms with Gasteiger partial charge < -0.3 is 29.0 Å². The average molecular weight is 367 g/mol. The zero-order valence-electron chi connectivity index (χ0n) is 14.8. The van der Waals surface area contributed by atoms with Crippen LogP contribution < -0.4 is 24.3 Å². The highest BCUT2D eigenvalue weighted by Gasteiger charge is 2.40.